The summed E-state index contributed by atoms with van der Waals surface area (Å²) in [4.78, 5) is 9.39. The lowest BCUT2D eigenvalue weighted by Crippen LogP contribution is -2.19. The van der Waals surface area contributed by atoms with Crippen LogP contribution in [0.3, 0.4) is 0 Å². The van der Waals surface area contributed by atoms with Gasteiger partial charge in [-0.1, -0.05) is 19.9 Å². The van der Waals surface area contributed by atoms with Crippen LogP contribution in [-0.4, -0.2) is 37.3 Å². The molecule has 0 aliphatic heterocycles. The molecule has 0 aliphatic carbocycles. The summed E-state index contributed by atoms with van der Waals surface area (Å²) in [5, 5.41) is 3.41. The third kappa shape index (κ3) is 3.95. The van der Waals surface area contributed by atoms with Gasteiger partial charge in [-0.2, -0.15) is 0 Å². The van der Waals surface area contributed by atoms with Gasteiger partial charge in [0.2, 0.25) is 0 Å². The van der Waals surface area contributed by atoms with Crippen LogP contribution in [0.4, 0.5) is 5.82 Å². The van der Waals surface area contributed by atoms with E-state index in [1.807, 2.05) is 25.1 Å². The molecule has 2 aromatic rings. The number of benzene rings is 1. The van der Waals surface area contributed by atoms with E-state index in [0.717, 1.165) is 24.1 Å². The van der Waals surface area contributed by atoms with E-state index in [1.165, 1.54) is 0 Å². The van der Waals surface area contributed by atoms with Gasteiger partial charge in [-0.15, -0.1) is 0 Å². The lowest BCUT2D eigenvalue weighted by Gasteiger charge is -2.19. The van der Waals surface area contributed by atoms with E-state index < -0.39 is 0 Å². The zero-order valence-corrected chi connectivity index (χ0v) is 15.8. The summed E-state index contributed by atoms with van der Waals surface area (Å²) in [5.41, 5.74) is 2.23. The molecule has 1 heterocycles. The molecule has 0 aliphatic rings. The van der Waals surface area contributed by atoms with Crippen LogP contribution in [0.5, 0.6) is 17.4 Å². The van der Waals surface area contributed by atoms with E-state index in [2.05, 4.69) is 19.2 Å². The average Bonchev–Trinajstić information content (AvgIpc) is 2.65. The highest BCUT2D eigenvalue weighted by Gasteiger charge is 2.21. The molecular weight excluding hydrogens is 318 g/mol. The molecule has 0 spiro atoms. The zero-order chi connectivity index (χ0) is 18.4. The average molecular weight is 345 g/mol. The molecule has 0 saturated heterocycles. The largest absolute Gasteiger partial charge is 0.496 e. The van der Waals surface area contributed by atoms with Gasteiger partial charge >= 0.3 is 0 Å². The Morgan fingerprint density at radius 1 is 0.960 bits per heavy atom. The van der Waals surface area contributed by atoms with Crippen molar-refractivity contribution in [2.24, 2.45) is 0 Å². The molecule has 6 nitrogen and oxygen atoms in total. The van der Waals surface area contributed by atoms with Gasteiger partial charge in [0.15, 0.2) is 5.82 Å². The number of anilines is 1. The van der Waals surface area contributed by atoms with Crippen LogP contribution in [0.2, 0.25) is 0 Å². The van der Waals surface area contributed by atoms with E-state index in [0.29, 0.717) is 34.9 Å². The molecule has 0 fully saturated rings. The number of aromatic nitrogens is 2. The molecule has 1 aromatic heterocycles. The molecule has 0 atom stereocenters. The summed E-state index contributed by atoms with van der Waals surface area (Å²) in [6.07, 6.45) is 2.00. The number of aryl methyl sites for hydroxylation is 1. The van der Waals surface area contributed by atoms with Crippen LogP contribution in [0, 0.1) is 6.92 Å². The van der Waals surface area contributed by atoms with Crippen LogP contribution in [0.1, 0.15) is 32.4 Å². The molecule has 0 unspecified atom stereocenters. The van der Waals surface area contributed by atoms with Crippen LogP contribution >= 0.6 is 0 Å². The normalized spacial score (nSPS) is 10.7. The number of hydrogen-bond donors (Lipinski definition) is 1. The molecule has 136 valence electrons. The maximum Gasteiger partial charge on any atom is 0.257 e. The summed E-state index contributed by atoms with van der Waals surface area (Å²) in [7, 11) is 4.85. The lowest BCUT2D eigenvalue weighted by atomic mass is 10.1. The third-order valence-electron chi connectivity index (χ3n) is 4.22. The Hall–Kier alpha value is -2.50. The molecule has 1 aromatic carbocycles. The van der Waals surface area contributed by atoms with Gasteiger partial charge in [-0.05, 0) is 31.9 Å². The van der Waals surface area contributed by atoms with Crippen molar-refractivity contribution in [2.45, 2.75) is 39.7 Å². The van der Waals surface area contributed by atoms with Crippen molar-refractivity contribution in [3.8, 4) is 28.6 Å². The number of methoxy groups -OCH3 is 3. The van der Waals surface area contributed by atoms with Gasteiger partial charge in [0.1, 0.15) is 17.2 Å². The summed E-state index contributed by atoms with van der Waals surface area (Å²) in [6, 6.07) is 5.96. The van der Waals surface area contributed by atoms with E-state index >= 15 is 0 Å². The van der Waals surface area contributed by atoms with Crippen molar-refractivity contribution in [1.82, 2.24) is 9.97 Å². The van der Waals surface area contributed by atoms with Gasteiger partial charge in [0, 0.05) is 6.04 Å². The number of nitrogens with zero attached hydrogens (tertiary/aromatic N) is 2. The fourth-order valence-corrected chi connectivity index (χ4v) is 2.75. The van der Waals surface area contributed by atoms with E-state index in [9.17, 15) is 0 Å². The number of hydrogen-bond acceptors (Lipinski definition) is 6. The van der Waals surface area contributed by atoms with Crippen LogP contribution in [0.15, 0.2) is 18.2 Å². The van der Waals surface area contributed by atoms with Crippen molar-refractivity contribution < 1.29 is 14.2 Å². The Morgan fingerprint density at radius 2 is 1.56 bits per heavy atom. The lowest BCUT2D eigenvalue weighted by molar-refractivity contribution is 0.392. The number of ether oxygens (including phenoxy) is 3. The van der Waals surface area contributed by atoms with E-state index in [-0.39, 0.29) is 0 Å². The topological polar surface area (TPSA) is 65.5 Å². The van der Waals surface area contributed by atoms with Crippen molar-refractivity contribution in [3.63, 3.8) is 0 Å². The van der Waals surface area contributed by atoms with Crippen molar-refractivity contribution in [2.75, 3.05) is 26.6 Å². The SMILES string of the molecule is CCC(CC)Nc1nc(C)c(-c2c(OC)cccc2OC)nc1OC. The highest BCUT2D eigenvalue weighted by molar-refractivity contribution is 5.76. The highest BCUT2D eigenvalue weighted by Crippen LogP contribution is 2.40. The Balaban J connectivity index is 2.58. The first-order valence-electron chi connectivity index (χ1n) is 8.49. The maximum absolute atomic E-state index is 5.50. The van der Waals surface area contributed by atoms with Crippen molar-refractivity contribution in [1.29, 1.82) is 0 Å². The molecule has 0 radical (unpaired) electrons. The zero-order valence-electron chi connectivity index (χ0n) is 15.8. The second-order valence-corrected chi connectivity index (χ2v) is 5.71. The minimum Gasteiger partial charge on any atom is -0.496 e. The summed E-state index contributed by atoms with van der Waals surface area (Å²) in [6.45, 7) is 6.20. The fraction of sp³-hybridized carbons (Fsp3) is 0.474. The van der Waals surface area contributed by atoms with E-state index in [1.54, 1.807) is 21.3 Å². The Kier molecular flexibility index (Phi) is 6.44. The molecule has 6 heteroatoms. The quantitative estimate of drug-likeness (QED) is 0.778. The monoisotopic (exact) mass is 345 g/mol. The molecule has 25 heavy (non-hydrogen) atoms. The first-order valence-corrected chi connectivity index (χ1v) is 8.49. The van der Waals surface area contributed by atoms with Gasteiger partial charge < -0.3 is 19.5 Å². The molecule has 2 rings (SSSR count). The Morgan fingerprint density at radius 3 is 2.04 bits per heavy atom. The first kappa shape index (κ1) is 18.8. The second-order valence-electron chi connectivity index (χ2n) is 5.71. The Labute approximate surface area is 149 Å². The number of nitrogens with one attached hydrogen (secondary N) is 1. The van der Waals surface area contributed by atoms with E-state index in [4.69, 9.17) is 24.2 Å². The summed E-state index contributed by atoms with van der Waals surface area (Å²) >= 11 is 0. The van der Waals surface area contributed by atoms with Crippen LogP contribution < -0.4 is 19.5 Å². The predicted molar refractivity (Wildman–Crippen MR) is 99.9 cm³/mol. The molecule has 0 amide bonds. The predicted octanol–water partition coefficient (Wildman–Crippen LogP) is 4.08. The fourth-order valence-electron chi connectivity index (χ4n) is 2.75. The van der Waals surface area contributed by atoms with Crippen LogP contribution in [-0.2, 0) is 0 Å². The smallest absolute Gasteiger partial charge is 0.257 e. The number of rotatable bonds is 8. The third-order valence-corrected chi connectivity index (χ3v) is 4.22. The van der Waals surface area contributed by atoms with Gasteiger partial charge in [-0.3, -0.25) is 0 Å². The maximum atomic E-state index is 5.50. The van der Waals surface area contributed by atoms with Gasteiger partial charge in [-0.25, -0.2) is 9.97 Å². The standard InChI is InChI=1S/C19H27N3O3/c1-7-13(8-2)21-18-19(25-6)22-17(12(3)20-18)16-14(23-4)10-9-11-15(16)24-5/h9-11,13H,7-8H2,1-6H3,(H,20,21). The molecule has 0 saturated carbocycles. The highest BCUT2D eigenvalue weighted by atomic mass is 16.5. The van der Waals surface area contributed by atoms with Gasteiger partial charge in [0.05, 0.1) is 32.6 Å². The minimum absolute atomic E-state index is 0.328. The minimum atomic E-state index is 0.328. The molecule has 0 bridgehead atoms. The van der Waals surface area contributed by atoms with Crippen molar-refractivity contribution in [3.05, 3.63) is 23.9 Å². The van der Waals surface area contributed by atoms with Crippen molar-refractivity contribution >= 4 is 5.82 Å². The van der Waals surface area contributed by atoms with Gasteiger partial charge in [0.25, 0.3) is 5.88 Å². The molecular formula is C19H27N3O3. The molecule has 1 N–H and O–H groups in total. The first-order chi connectivity index (χ1) is 12.1. The summed E-state index contributed by atoms with van der Waals surface area (Å²) in [5.74, 6) is 2.48. The Bertz CT molecular complexity index is 693. The second kappa shape index (κ2) is 8.55. The summed E-state index contributed by atoms with van der Waals surface area (Å²) < 4.78 is 16.5. The van der Waals surface area contributed by atoms with Crippen LogP contribution in [0.25, 0.3) is 11.3 Å².